The lowest BCUT2D eigenvalue weighted by atomic mass is 9.80. The van der Waals surface area contributed by atoms with E-state index < -0.39 is 0 Å². The van der Waals surface area contributed by atoms with Gasteiger partial charge in [0.2, 0.25) is 0 Å². The molecular weight excluding hydrogens is 775 g/mol. The van der Waals surface area contributed by atoms with Crippen LogP contribution >= 0.6 is 0 Å². The highest BCUT2D eigenvalue weighted by atomic mass is 15.0. The van der Waals surface area contributed by atoms with Crippen LogP contribution in [0, 0.1) is 0 Å². The molecule has 0 saturated carbocycles. The summed E-state index contributed by atoms with van der Waals surface area (Å²) in [6, 6.07) is 73.8. The number of para-hydroxylation sites is 2. The van der Waals surface area contributed by atoms with Gasteiger partial charge in [-0.1, -0.05) is 166 Å². The summed E-state index contributed by atoms with van der Waals surface area (Å²) in [4.78, 5) is 9.45. The van der Waals surface area contributed by atoms with Gasteiger partial charge in [0, 0.05) is 45.0 Å². The second-order valence-electron chi connectivity index (χ2n) is 17.8. The van der Waals surface area contributed by atoms with Gasteiger partial charge in [-0.25, -0.2) is 0 Å². The molecule has 2 aromatic heterocycles. The highest BCUT2D eigenvalue weighted by Crippen LogP contribution is 2.51. The van der Waals surface area contributed by atoms with E-state index in [0.717, 1.165) is 21.8 Å². The van der Waals surface area contributed by atoms with Gasteiger partial charge in [0.15, 0.2) is 0 Å². The lowest BCUT2D eigenvalue weighted by Gasteiger charge is -2.23. The summed E-state index contributed by atoms with van der Waals surface area (Å²) < 4.78 is 2.40. The molecule has 0 amide bonds. The molecule has 300 valence electrons. The molecule has 3 heteroatoms. The lowest BCUT2D eigenvalue weighted by molar-refractivity contribution is 0.661. The van der Waals surface area contributed by atoms with Gasteiger partial charge in [-0.05, 0) is 126 Å². The lowest BCUT2D eigenvalue weighted by Crippen LogP contribution is -2.15. The highest BCUT2D eigenvalue weighted by Gasteiger charge is 2.36. The molecule has 0 atom stereocenters. The van der Waals surface area contributed by atoms with E-state index >= 15 is 0 Å². The largest absolute Gasteiger partial charge is 0.309 e. The molecule has 64 heavy (non-hydrogen) atoms. The Bertz CT molecular complexity index is 3820. The fourth-order valence-corrected chi connectivity index (χ4v) is 10.6. The molecule has 0 N–H and O–H groups in total. The maximum absolute atomic E-state index is 4.74. The quantitative estimate of drug-likeness (QED) is 0.162. The topological polar surface area (TPSA) is 30.7 Å². The summed E-state index contributed by atoms with van der Waals surface area (Å²) >= 11 is 0. The number of benzene rings is 10. The first kappa shape index (κ1) is 36.5. The van der Waals surface area contributed by atoms with E-state index in [1.165, 1.54) is 105 Å². The molecule has 13 rings (SSSR count). The minimum Gasteiger partial charge on any atom is -0.309 e. The normalized spacial score (nSPS) is 13.0. The van der Waals surface area contributed by atoms with E-state index in [1.54, 1.807) is 12.4 Å². The number of hydrogen-bond donors (Lipinski definition) is 0. The van der Waals surface area contributed by atoms with Gasteiger partial charge in [0.25, 0.3) is 0 Å². The molecule has 10 aromatic carbocycles. The van der Waals surface area contributed by atoms with Crippen molar-refractivity contribution in [3.8, 4) is 61.3 Å². The van der Waals surface area contributed by atoms with Crippen molar-refractivity contribution in [3.63, 3.8) is 0 Å². The van der Waals surface area contributed by atoms with E-state index in [1.807, 2.05) is 0 Å². The third kappa shape index (κ3) is 5.54. The predicted octanol–water partition coefficient (Wildman–Crippen LogP) is 16.0. The summed E-state index contributed by atoms with van der Waals surface area (Å²) in [7, 11) is 0. The molecule has 1 aliphatic rings. The van der Waals surface area contributed by atoms with Crippen LogP contribution in [0.15, 0.2) is 213 Å². The summed E-state index contributed by atoms with van der Waals surface area (Å²) in [5.41, 5.74) is 20.4. The van der Waals surface area contributed by atoms with Gasteiger partial charge in [-0.15, -0.1) is 0 Å². The van der Waals surface area contributed by atoms with Gasteiger partial charge >= 0.3 is 0 Å². The number of nitrogens with zero attached hydrogens (tertiary/aromatic N) is 3. The Balaban J connectivity index is 0.814. The summed E-state index contributed by atoms with van der Waals surface area (Å²) in [6.45, 7) is 4.77. The van der Waals surface area contributed by atoms with Crippen molar-refractivity contribution in [1.29, 1.82) is 0 Å². The molecular formula is C61H41N3. The zero-order chi connectivity index (χ0) is 42.5. The van der Waals surface area contributed by atoms with Crippen LogP contribution in [0.5, 0.6) is 0 Å². The Morgan fingerprint density at radius 1 is 0.328 bits per heavy atom. The van der Waals surface area contributed by atoms with E-state index in [0.29, 0.717) is 0 Å². The van der Waals surface area contributed by atoms with Crippen LogP contribution in [0.2, 0.25) is 0 Å². The molecule has 0 unspecified atom stereocenters. The third-order valence-electron chi connectivity index (χ3n) is 13.9. The van der Waals surface area contributed by atoms with Crippen molar-refractivity contribution in [2.45, 2.75) is 19.3 Å². The van der Waals surface area contributed by atoms with Crippen LogP contribution in [0.25, 0.3) is 116 Å². The van der Waals surface area contributed by atoms with E-state index in [2.05, 4.69) is 219 Å². The van der Waals surface area contributed by atoms with Gasteiger partial charge in [0.1, 0.15) is 0 Å². The molecule has 0 radical (unpaired) electrons. The van der Waals surface area contributed by atoms with E-state index in [-0.39, 0.29) is 5.41 Å². The van der Waals surface area contributed by atoms with E-state index in [4.69, 9.17) is 9.97 Å². The molecule has 0 spiro atoms. The summed E-state index contributed by atoms with van der Waals surface area (Å²) in [6.07, 6.45) is 3.56. The fraction of sp³-hybridized carbons (Fsp3) is 0.0492. The second-order valence-corrected chi connectivity index (χ2v) is 17.8. The smallest absolute Gasteiger partial charge is 0.0971 e. The third-order valence-corrected chi connectivity index (χ3v) is 13.9. The van der Waals surface area contributed by atoms with Crippen LogP contribution in [0.4, 0.5) is 0 Å². The van der Waals surface area contributed by atoms with Crippen LogP contribution in [-0.2, 0) is 5.41 Å². The predicted molar refractivity (Wildman–Crippen MR) is 268 cm³/mol. The number of fused-ring (bicyclic) bond motifs is 12. The number of hydrogen-bond acceptors (Lipinski definition) is 2. The first-order chi connectivity index (χ1) is 31.5. The molecule has 3 nitrogen and oxygen atoms in total. The zero-order valence-electron chi connectivity index (χ0n) is 35.5. The van der Waals surface area contributed by atoms with Crippen LogP contribution < -0.4 is 0 Å². The van der Waals surface area contributed by atoms with Crippen molar-refractivity contribution in [1.82, 2.24) is 14.5 Å². The first-order valence-electron chi connectivity index (χ1n) is 22.1. The maximum Gasteiger partial charge on any atom is 0.0971 e. The zero-order valence-corrected chi connectivity index (χ0v) is 35.5. The van der Waals surface area contributed by atoms with Gasteiger partial charge < -0.3 is 4.57 Å². The number of aromatic nitrogens is 3. The minimum absolute atomic E-state index is 0.164. The Hall–Kier alpha value is -8.14. The Morgan fingerprint density at radius 2 is 0.797 bits per heavy atom. The average molecular weight is 816 g/mol. The van der Waals surface area contributed by atoms with Crippen LogP contribution in [-0.4, -0.2) is 14.5 Å². The van der Waals surface area contributed by atoms with Crippen molar-refractivity contribution < 1.29 is 0 Å². The van der Waals surface area contributed by atoms with Gasteiger partial charge in [0.05, 0.1) is 22.1 Å². The highest BCUT2D eigenvalue weighted by molar-refractivity contribution is 6.23. The molecule has 0 bridgehead atoms. The van der Waals surface area contributed by atoms with Crippen LogP contribution in [0.1, 0.15) is 25.0 Å². The number of rotatable bonds is 5. The molecule has 0 aliphatic heterocycles. The van der Waals surface area contributed by atoms with Crippen molar-refractivity contribution in [3.05, 3.63) is 224 Å². The Morgan fingerprint density at radius 3 is 1.47 bits per heavy atom. The second kappa shape index (κ2) is 13.9. The van der Waals surface area contributed by atoms with Crippen molar-refractivity contribution >= 4 is 54.4 Å². The first-order valence-corrected chi connectivity index (χ1v) is 22.1. The molecule has 2 heterocycles. The average Bonchev–Trinajstić information content (AvgIpc) is 3.81. The molecule has 0 fully saturated rings. The summed E-state index contributed by atoms with van der Waals surface area (Å²) in [5, 5.41) is 7.19. The van der Waals surface area contributed by atoms with Crippen LogP contribution in [0.3, 0.4) is 0 Å². The minimum atomic E-state index is -0.164. The fourth-order valence-electron chi connectivity index (χ4n) is 10.6. The van der Waals surface area contributed by atoms with Crippen molar-refractivity contribution in [2.75, 3.05) is 0 Å². The Kier molecular flexibility index (Phi) is 7.95. The Labute approximate surface area is 371 Å². The van der Waals surface area contributed by atoms with Crippen molar-refractivity contribution in [2.24, 2.45) is 0 Å². The molecule has 1 aliphatic carbocycles. The summed E-state index contributed by atoms with van der Waals surface area (Å²) in [5.74, 6) is 0. The molecule has 12 aromatic rings. The standard InChI is InChI=1S/C61H41N3/c1-61(2)55-35-43(23-27-48(55)49-28-24-44(36-56(49)61)45-25-29-51-50-16-8-9-18-57(50)64(58(51)37-45)46-13-4-3-5-14-46)41-12-10-11-40(33-41)38-19-21-39(22-20-38)42-26-30-53-54(34-42)47-15-6-7-17-52(47)59-60(53)63-32-31-62-59/h3-37H,1-2H3. The maximum atomic E-state index is 4.74. The molecule has 0 saturated heterocycles. The SMILES string of the molecule is CC1(C)c2cc(-c3cccc(-c4ccc(-c5ccc6c(c5)c5ccccc5c5nccnc65)cc4)c3)ccc2-c2ccc(-c3ccc4c5ccccc5n(-c5ccccc5)c4c3)cc21. The van der Waals surface area contributed by atoms with E-state index in [9.17, 15) is 0 Å². The monoisotopic (exact) mass is 815 g/mol. The van der Waals surface area contributed by atoms with Gasteiger partial charge in [-0.3, -0.25) is 9.97 Å². The van der Waals surface area contributed by atoms with Gasteiger partial charge in [-0.2, -0.15) is 0 Å².